The largest absolute Gasteiger partial charge is 0.310 e. The zero-order valence-corrected chi connectivity index (χ0v) is 33.6. The van der Waals surface area contributed by atoms with Crippen LogP contribution in [0.25, 0.3) is 0 Å². The molecule has 0 saturated heterocycles. The van der Waals surface area contributed by atoms with E-state index >= 15 is 0 Å². The summed E-state index contributed by atoms with van der Waals surface area (Å²) in [7, 11) is 0. The molecule has 4 heteroatoms. The van der Waals surface area contributed by atoms with Crippen LogP contribution in [0.2, 0.25) is 0 Å². The van der Waals surface area contributed by atoms with Crippen molar-refractivity contribution in [2.75, 3.05) is 18.7 Å². The minimum Gasteiger partial charge on any atom is -0.310 e. The number of anilines is 6. The van der Waals surface area contributed by atoms with Crippen LogP contribution in [0.1, 0.15) is 55.4 Å². The summed E-state index contributed by atoms with van der Waals surface area (Å²) in [5, 5.41) is 0. The van der Waals surface area contributed by atoms with Gasteiger partial charge in [0.25, 0.3) is 0 Å². The fraction of sp³-hybridized carbons (Fsp3) is 0.234. The van der Waals surface area contributed by atoms with Gasteiger partial charge in [0.2, 0.25) is 0 Å². The van der Waals surface area contributed by atoms with Crippen molar-refractivity contribution in [1.82, 2.24) is 0 Å². The lowest BCUT2D eigenvalue weighted by atomic mass is 10.1. The minimum atomic E-state index is 0. The predicted molar refractivity (Wildman–Crippen MR) is 242 cm³/mol. The van der Waals surface area contributed by atoms with Crippen molar-refractivity contribution in [3.05, 3.63) is 180 Å². The number of benzene rings is 6. The lowest BCUT2D eigenvalue weighted by molar-refractivity contribution is 0.673. The Morgan fingerprint density at radius 2 is 0.765 bits per heavy atom. The number of rotatable bonds is 14. The monoisotopic (exact) mass is 898 g/mol. The smallest absolute Gasteiger partial charge is 0.0464 e. The van der Waals surface area contributed by atoms with Crippen molar-refractivity contribution in [3.63, 3.8) is 0 Å². The predicted octanol–water partition coefficient (Wildman–Crippen LogP) is 15.1. The van der Waals surface area contributed by atoms with Gasteiger partial charge in [-0.05, 0) is 139 Å². The number of para-hydroxylation sites is 2. The third kappa shape index (κ3) is 12.2. The quantitative estimate of drug-likeness (QED) is 0.0611. The molecule has 0 fully saturated rings. The normalized spacial score (nSPS) is 10.4. The second-order valence-electron chi connectivity index (χ2n) is 12.6. The van der Waals surface area contributed by atoms with Crippen LogP contribution < -0.4 is 9.80 Å². The Morgan fingerprint density at radius 1 is 0.373 bits per heavy atom. The van der Waals surface area contributed by atoms with Crippen molar-refractivity contribution in [2.24, 2.45) is 0 Å². The number of halogens is 2. The van der Waals surface area contributed by atoms with Gasteiger partial charge < -0.3 is 9.80 Å². The van der Waals surface area contributed by atoms with Gasteiger partial charge in [0, 0.05) is 38.6 Å². The third-order valence-electron chi connectivity index (χ3n) is 8.67. The number of hydrogen-bond donors (Lipinski definition) is 0. The van der Waals surface area contributed by atoms with Gasteiger partial charge in [-0.1, -0.05) is 150 Å². The lowest BCUT2D eigenvalue weighted by Gasteiger charge is -2.26. The Bertz CT molecular complexity index is 1840. The molecule has 0 amide bonds. The van der Waals surface area contributed by atoms with Gasteiger partial charge >= 0.3 is 0 Å². The van der Waals surface area contributed by atoms with Crippen LogP contribution in [0, 0.1) is 13.8 Å². The van der Waals surface area contributed by atoms with Crippen LogP contribution in [-0.4, -0.2) is 8.86 Å². The average molecular weight is 899 g/mol. The van der Waals surface area contributed by atoms with E-state index in [1.807, 2.05) is 0 Å². The van der Waals surface area contributed by atoms with Crippen LogP contribution in [0.5, 0.6) is 0 Å². The van der Waals surface area contributed by atoms with Gasteiger partial charge in [0.1, 0.15) is 0 Å². The zero-order valence-electron chi connectivity index (χ0n) is 29.3. The van der Waals surface area contributed by atoms with E-state index in [0.29, 0.717) is 0 Å². The molecule has 0 atom stereocenters. The van der Waals surface area contributed by atoms with Gasteiger partial charge in [0.05, 0.1) is 0 Å². The third-order valence-corrected chi connectivity index (χ3v) is 9.97. The average Bonchev–Trinajstić information content (AvgIpc) is 3.15. The maximum atomic E-state index is 2.47. The molecule has 0 aliphatic rings. The highest BCUT2D eigenvalue weighted by atomic mass is 127. The number of nitrogens with zero attached hydrogens (tertiary/aromatic N) is 2. The fourth-order valence-corrected chi connectivity index (χ4v) is 7.25. The highest BCUT2D eigenvalue weighted by Gasteiger charge is 2.13. The standard InChI is InChI=1S/C25H28IN.C21H20IN.CH4/c1-21-10-9-14-25(20-21)27(23-12-6-4-7-13-23)24-17-15-22(16-18-24)11-5-2-3-8-19-26;1-17-6-5-9-21(16-17)23(19-7-3-2-4-8-19)20-12-10-18(11-13-20)14-15-22;/h4,6-7,9-10,12-18,20H,2-3,5,8,11,19H2,1H3;2-13,16H,14-15H2,1H3;1H4. The first-order chi connectivity index (χ1) is 24.6. The molecule has 264 valence electrons. The Hall–Kier alpha value is -3.62. The number of alkyl halides is 2. The molecule has 0 aliphatic carbocycles. The van der Waals surface area contributed by atoms with E-state index in [-0.39, 0.29) is 7.43 Å². The summed E-state index contributed by atoms with van der Waals surface area (Å²) in [6, 6.07) is 56.5. The van der Waals surface area contributed by atoms with E-state index in [4.69, 9.17) is 0 Å². The minimum absolute atomic E-state index is 0. The SMILES string of the molecule is C.Cc1cccc(N(c2ccccc2)c2ccc(CCCCCCI)cc2)c1.Cc1cccc(N(c2ccccc2)c2ccc(CCI)cc2)c1. The van der Waals surface area contributed by atoms with Crippen molar-refractivity contribution in [1.29, 1.82) is 0 Å². The molecule has 0 bridgehead atoms. The van der Waals surface area contributed by atoms with Crippen LogP contribution >= 0.6 is 45.2 Å². The Balaban J connectivity index is 0.000000227. The van der Waals surface area contributed by atoms with Crippen molar-refractivity contribution < 1.29 is 0 Å². The molecule has 6 aromatic carbocycles. The van der Waals surface area contributed by atoms with Crippen LogP contribution in [0.4, 0.5) is 34.1 Å². The Labute approximate surface area is 335 Å². The Morgan fingerprint density at radius 3 is 1.18 bits per heavy atom. The lowest BCUT2D eigenvalue weighted by Crippen LogP contribution is -2.10. The molecule has 6 rings (SSSR count). The summed E-state index contributed by atoms with van der Waals surface area (Å²) in [6.45, 7) is 4.28. The number of aryl methyl sites for hydroxylation is 4. The van der Waals surface area contributed by atoms with Crippen molar-refractivity contribution >= 4 is 79.3 Å². The summed E-state index contributed by atoms with van der Waals surface area (Å²) in [4.78, 5) is 4.64. The molecule has 6 aromatic rings. The molecule has 2 nitrogen and oxygen atoms in total. The molecule has 0 saturated carbocycles. The summed E-state index contributed by atoms with van der Waals surface area (Å²) in [5.41, 5.74) is 12.5. The van der Waals surface area contributed by atoms with Gasteiger partial charge in [0.15, 0.2) is 0 Å². The topological polar surface area (TPSA) is 6.48 Å². The van der Waals surface area contributed by atoms with E-state index in [1.165, 1.54) is 92.9 Å². The second-order valence-corrected chi connectivity index (χ2v) is 14.8. The highest BCUT2D eigenvalue weighted by Crippen LogP contribution is 2.36. The molecular weight excluding hydrogens is 846 g/mol. The van der Waals surface area contributed by atoms with E-state index in [9.17, 15) is 0 Å². The second kappa shape index (κ2) is 21.7. The number of hydrogen-bond acceptors (Lipinski definition) is 2. The molecule has 0 heterocycles. The summed E-state index contributed by atoms with van der Waals surface area (Å²) < 4.78 is 2.43. The maximum absolute atomic E-state index is 2.47. The molecule has 0 unspecified atom stereocenters. The highest BCUT2D eigenvalue weighted by molar-refractivity contribution is 14.1. The number of unbranched alkanes of at least 4 members (excludes halogenated alkanes) is 3. The van der Waals surface area contributed by atoms with Crippen molar-refractivity contribution in [2.45, 2.75) is 59.8 Å². The fourth-order valence-electron chi connectivity index (χ4n) is 6.09. The Kier molecular flexibility index (Phi) is 17.1. The van der Waals surface area contributed by atoms with Gasteiger partial charge in [-0.25, -0.2) is 0 Å². The maximum Gasteiger partial charge on any atom is 0.0464 e. The molecule has 0 aromatic heterocycles. The van der Waals surface area contributed by atoms with Crippen LogP contribution in [-0.2, 0) is 12.8 Å². The van der Waals surface area contributed by atoms with E-state index in [1.54, 1.807) is 0 Å². The van der Waals surface area contributed by atoms with E-state index in [0.717, 1.165) is 10.8 Å². The van der Waals surface area contributed by atoms with E-state index < -0.39 is 0 Å². The first-order valence-electron chi connectivity index (χ1n) is 17.7. The van der Waals surface area contributed by atoms with Crippen LogP contribution in [0.15, 0.2) is 158 Å². The van der Waals surface area contributed by atoms with Crippen LogP contribution in [0.3, 0.4) is 0 Å². The summed E-state index contributed by atoms with van der Waals surface area (Å²) in [6.07, 6.45) is 7.63. The van der Waals surface area contributed by atoms with E-state index in [2.05, 4.69) is 227 Å². The van der Waals surface area contributed by atoms with Crippen molar-refractivity contribution in [3.8, 4) is 0 Å². The summed E-state index contributed by atoms with van der Waals surface area (Å²) >= 11 is 4.89. The first kappa shape index (κ1) is 40.2. The van der Waals surface area contributed by atoms with Gasteiger partial charge in [-0.3, -0.25) is 0 Å². The van der Waals surface area contributed by atoms with Gasteiger partial charge in [-0.15, -0.1) is 0 Å². The first-order valence-corrected chi connectivity index (χ1v) is 20.7. The molecular formula is C47H52I2N2. The zero-order chi connectivity index (χ0) is 35.0. The molecule has 0 radical (unpaired) electrons. The molecule has 51 heavy (non-hydrogen) atoms. The molecule has 0 spiro atoms. The van der Waals surface area contributed by atoms with Gasteiger partial charge in [-0.2, -0.15) is 0 Å². The molecule has 0 N–H and O–H groups in total. The summed E-state index contributed by atoms with van der Waals surface area (Å²) in [5.74, 6) is 0. The molecule has 0 aliphatic heterocycles.